The molecule has 8 heteroatoms. The fourth-order valence-corrected chi connectivity index (χ4v) is 3.61. The third-order valence-corrected chi connectivity index (χ3v) is 5.38. The monoisotopic (exact) mass is 423 g/mol. The molecule has 0 aliphatic carbocycles. The molecule has 0 aliphatic heterocycles. The molecule has 0 fully saturated rings. The highest BCUT2D eigenvalue weighted by Crippen LogP contribution is 2.23. The van der Waals surface area contributed by atoms with Gasteiger partial charge in [0.2, 0.25) is 5.89 Å². The number of methoxy groups -OCH3 is 1. The molecule has 0 aliphatic rings. The molecule has 4 aromatic rings. The van der Waals surface area contributed by atoms with Crippen molar-refractivity contribution in [2.45, 2.75) is 6.54 Å². The van der Waals surface area contributed by atoms with Gasteiger partial charge < -0.3 is 18.8 Å². The van der Waals surface area contributed by atoms with Gasteiger partial charge in [-0.15, -0.1) is 21.5 Å². The Hall–Kier alpha value is -3.23. The van der Waals surface area contributed by atoms with Crippen LogP contribution in [0, 0.1) is 0 Å². The predicted octanol–water partition coefficient (Wildman–Crippen LogP) is 4.01. The summed E-state index contributed by atoms with van der Waals surface area (Å²) in [6.45, 7) is 0.899. The molecule has 0 spiro atoms. The van der Waals surface area contributed by atoms with E-state index in [-0.39, 0.29) is 19.1 Å². The second-order valence-corrected chi connectivity index (χ2v) is 7.53. The maximum atomic E-state index is 12.8. The van der Waals surface area contributed by atoms with E-state index in [2.05, 4.69) is 10.2 Å². The minimum atomic E-state index is -0.184. The number of thiophene rings is 1. The van der Waals surface area contributed by atoms with Crippen LogP contribution in [0.1, 0.15) is 5.89 Å². The van der Waals surface area contributed by atoms with Gasteiger partial charge >= 0.3 is 0 Å². The summed E-state index contributed by atoms with van der Waals surface area (Å²) in [7, 11) is 1.59. The maximum Gasteiger partial charge on any atom is 0.261 e. The number of aromatic nitrogens is 2. The minimum absolute atomic E-state index is 0.0893. The molecule has 0 N–H and O–H groups in total. The van der Waals surface area contributed by atoms with Crippen molar-refractivity contribution in [3.05, 3.63) is 65.9 Å². The van der Waals surface area contributed by atoms with Crippen LogP contribution >= 0.6 is 11.3 Å². The lowest BCUT2D eigenvalue weighted by atomic mass is 10.1. The third-order valence-electron chi connectivity index (χ3n) is 4.53. The molecule has 1 amide bonds. The first kappa shape index (κ1) is 20.1. The molecule has 2 aromatic heterocycles. The molecule has 0 unspecified atom stereocenters. The summed E-state index contributed by atoms with van der Waals surface area (Å²) in [6, 6.07) is 17.6. The van der Waals surface area contributed by atoms with Gasteiger partial charge in [0.05, 0.1) is 18.0 Å². The van der Waals surface area contributed by atoms with E-state index in [0.29, 0.717) is 30.7 Å². The van der Waals surface area contributed by atoms with Gasteiger partial charge in [-0.1, -0.05) is 36.4 Å². The molecule has 7 nitrogen and oxygen atoms in total. The van der Waals surface area contributed by atoms with Crippen LogP contribution in [-0.4, -0.2) is 47.9 Å². The highest BCUT2D eigenvalue weighted by atomic mass is 32.1. The highest BCUT2D eigenvalue weighted by molar-refractivity contribution is 7.13. The summed E-state index contributed by atoms with van der Waals surface area (Å²) in [5.41, 5.74) is 0. The van der Waals surface area contributed by atoms with Crippen molar-refractivity contribution in [3.8, 4) is 16.5 Å². The number of hydrogen-bond donors (Lipinski definition) is 0. The Morgan fingerprint density at radius 3 is 2.77 bits per heavy atom. The largest absolute Gasteiger partial charge is 0.484 e. The van der Waals surface area contributed by atoms with Crippen LogP contribution in [0.25, 0.3) is 21.5 Å². The Morgan fingerprint density at radius 2 is 1.97 bits per heavy atom. The van der Waals surface area contributed by atoms with E-state index in [1.54, 1.807) is 12.0 Å². The van der Waals surface area contributed by atoms with Crippen LogP contribution in [0.2, 0.25) is 0 Å². The van der Waals surface area contributed by atoms with Crippen molar-refractivity contribution in [2.75, 3.05) is 26.9 Å². The number of ether oxygens (including phenoxy) is 2. The van der Waals surface area contributed by atoms with E-state index in [0.717, 1.165) is 15.6 Å². The molecule has 0 saturated heterocycles. The number of rotatable bonds is 9. The highest BCUT2D eigenvalue weighted by Gasteiger charge is 2.19. The number of fused-ring (bicyclic) bond motifs is 1. The zero-order chi connectivity index (χ0) is 20.8. The van der Waals surface area contributed by atoms with Gasteiger partial charge in [0.1, 0.15) is 5.75 Å². The summed E-state index contributed by atoms with van der Waals surface area (Å²) in [4.78, 5) is 15.3. The predicted molar refractivity (Wildman–Crippen MR) is 114 cm³/mol. The SMILES string of the molecule is COCCN(Cc1nnc(-c2cccs2)o1)C(=O)COc1ccc2ccccc2c1. The number of carbonyl (C=O) groups excluding carboxylic acids is 1. The first-order valence-corrected chi connectivity index (χ1v) is 10.4. The third kappa shape index (κ3) is 4.84. The molecule has 2 aromatic carbocycles. The van der Waals surface area contributed by atoms with Crippen molar-refractivity contribution >= 4 is 28.0 Å². The molecule has 30 heavy (non-hydrogen) atoms. The van der Waals surface area contributed by atoms with Crippen molar-refractivity contribution in [1.29, 1.82) is 0 Å². The molecular weight excluding hydrogens is 402 g/mol. The van der Waals surface area contributed by atoms with E-state index in [1.807, 2.05) is 60.0 Å². The second-order valence-electron chi connectivity index (χ2n) is 6.58. The van der Waals surface area contributed by atoms with Crippen LogP contribution in [0.3, 0.4) is 0 Å². The lowest BCUT2D eigenvalue weighted by Gasteiger charge is -2.20. The van der Waals surface area contributed by atoms with E-state index < -0.39 is 0 Å². The Labute approximate surface area is 177 Å². The standard InChI is InChI=1S/C22H21N3O4S/c1-27-11-10-25(14-20-23-24-22(29-20)19-7-4-12-30-19)21(26)15-28-18-9-8-16-5-2-3-6-17(16)13-18/h2-9,12-13H,10-11,14-15H2,1H3. The van der Waals surface area contributed by atoms with Crippen LogP contribution in [-0.2, 0) is 16.1 Å². The lowest BCUT2D eigenvalue weighted by molar-refractivity contribution is -0.135. The van der Waals surface area contributed by atoms with Crippen molar-refractivity contribution in [1.82, 2.24) is 15.1 Å². The molecule has 0 atom stereocenters. The van der Waals surface area contributed by atoms with Gasteiger partial charge in [-0.2, -0.15) is 0 Å². The molecule has 2 heterocycles. The van der Waals surface area contributed by atoms with Crippen molar-refractivity contribution in [3.63, 3.8) is 0 Å². The molecule has 0 bridgehead atoms. The van der Waals surface area contributed by atoms with Gasteiger partial charge in [0, 0.05) is 13.7 Å². The summed E-state index contributed by atoms with van der Waals surface area (Å²) >= 11 is 1.52. The first-order valence-electron chi connectivity index (χ1n) is 9.47. The van der Waals surface area contributed by atoms with Gasteiger partial charge in [-0.05, 0) is 34.4 Å². The number of hydrogen-bond acceptors (Lipinski definition) is 7. The van der Waals surface area contributed by atoms with Gasteiger partial charge in [0.25, 0.3) is 11.8 Å². The van der Waals surface area contributed by atoms with E-state index in [4.69, 9.17) is 13.9 Å². The van der Waals surface area contributed by atoms with Crippen molar-refractivity contribution in [2.24, 2.45) is 0 Å². The summed E-state index contributed by atoms with van der Waals surface area (Å²) in [5.74, 6) is 1.28. The summed E-state index contributed by atoms with van der Waals surface area (Å²) < 4.78 is 16.6. The molecule has 0 saturated carbocycles. The average molecular weight is 423 g/mol. The summed E-state index contributed by atoms with van der Waals surface area (Å²) in [6.07, 6.45) is 0. The lowest BCUT2D eigenvalue weighted by Crippen LogP contribution is -2.37. The first-order chi connectivity index (χ1) is 14.7. The fraction of sp³-hybridized carbons (Fsp3) is 0.227. The van der Waals surface area contributed by atoms with E-state index in [9.17, 15) is 4.79 Å². The Balaban J connectivity index is 1.41. The van der Waals surface area contributed by atoms with Crippen molar-refractivity contribution < 1.29 is 18.7 Å². The van der Waals surface area contributed by atoms with E-state index in [1.165, 1.54) is 11.3 Å². The molecular formula is C22H21N3O4S. The Kier molecular flexibility index (Phi) is 6.36. The molecule has 4 rings (SSSR count). The Morgan fingerprint density at radius 1 is 1.10 bits per heavy atom. The summed E-state index contributed by atoms with van der Waals surface area (Å²) in [5, 5.41) is 12.3. The van der Waals surface area contributed by atoms with Crippen LogP contribution in [0.5, 0.6) is 5.75 Å². The van der Waals surface area contributed by atoms with Gasteiger partial charge in [-0.3, -0.25) is 4.79 Å². The van der Waals surface area contributed by atoms with Crippen LogP contribution in [0.15, 0.2) is 64.4 Å². The smallest absolute Gasteiger partial charge is 0.261 e. The maximum absolute atomic E-state index is 12.8. The second kappa shape index (κ2) is 9.51. The number of amides is 1. The topological polar surface area (TPSA) is 77.7 Å². The minimum Gasteiger partial charge on any atom is -0.484 e. The zero-order valence-corrected chi connectivity index (χ0v) is 17.3. The normalized spacial score (nSPS) is 11.0. The average Bonchev–Trinajstić information content (AvgIpc) is 3.46. The zero-order valence-electron chi connectivity index (χ0n) is 16.5. The fourth-order valence-electron chi connectivity index (χ4n) is 2.97. The van der Waals surface area contributed by atoms with Gasteiger partial charge in [0.15, 0.2) is 6.61 Å². The molecule has 154 valence electrons. The number of nitrogens with zero attached hydrogens (tertiary/aromatic N) is 3. The van der Waals surface area contributed by atoms with E-state index >= 15 is 0 Å². The quantitative estimate of drug-likeness (QED) is 0.405. The number of benzene rings is 2. The van der Waals surface area contributed by atoms with Crippen LogP contribution < -0.4 is 4.74 Å². The number of carbonyl (C=O) groups is 1. The Bertz CT molecular complexity index is 1110. The van der Waals surface area contributed by atoms with Crippen LogP contribution in [0.4, 0.5) is 0 Å². The van der Waals surface area contributed by atoms with Gasteiger partial charge in [-0.25, -0.2) is 0 Å². The molecule has 0 radical (unpaired) electrons.